The largest absolute Gasteiger partial charge is 0.456 e. The van der Waals surface area contributed by atoms with Crippen LogP contribution in [0.2, 0.25) is 0 Å². The molecule has 8 heteroatoms. The number of ether oxygens (including phenoxy) is 1. The first-order valence-corrected chi connectivity index (χ1v) is 16.0. The predicted octanol–water partition coefficient (Wildman–Crippen LogP) is 8.38. The maximum absolute atomic E-state index is 14.2. The molecule has 1 spiro atoms. The predicted molar refractivity (Wildman–Crippen MR) is 183 cm³/mol. The lowest BCUT2D eigenvalue weighted by Gasteiger charge is -2.42. The number of aliphatic imine (C=N–C) groups is 1. The van der Waals surface area contributed by atoms with Crippen LogP contribution < -0.4 is 14.5 Å². The van der Waals surface area contributed by atoms with Crippen LogP contribution in [-0.2, 0) is 5.54 Å². The number of hydrazone groups is 1. The van der Waals surface area contributed by atoms with Gasteiger partial charge in [-0.1, -0.05) is 46.3 Å². The van der Waals surface area contributed by atoms with Crippen molar-refractivity contribution in [1.82, 2.24) is 5.01 Å². The van der Waals surface area contributed by atoms with Gasteiger partial charge in [-0.15, -0.1) is 0 Å². The van der Waals surface area contributed by atoms with Crippen molar-refractivity contribution in [2.45, 2.75) is 33.2 Å². The molecule has 0 unspecified atom stereocenters. The summed E-state index contributed by atoms with van der Waals surface area (Å²) in [4.78, 5) is 23.4. The summed E-state index contributed by atoms with van der Waals surface area (Å²) in [6.07, 6.45) is 3.22. The molecule has 0 N–H and O–H groups in total. The van der Waals surface area contributed by atoms with Crippen molar-refractivity contribution in [3.8, 4) is 11.5 Å². The van der Waals surface area contributed by atoms with Crippen LogP contribution in [0.5, 0.6) is 11.5 Å². The fraction of sp³-hybridized carbons (Fsp3) is 0.250. The molecule has 224 valence electrons. The minimum absolute atomic E-state index is 0.173. The van der Waals surface area contributed by atoms with Crippen LogP contribution in [0.1, 0.15) is 54.7 Å². The van der Waals surface area contributed by atoms with Gasteiger partial charge in [0, 0.05) is 82.6 Å². The molecule has 4 aromatic rings. The van der Waals surface area contributed by atoms with E-state index in [4.69, 9.17) is 9.84 Å². The van der Waals surface area contributed by atoms with E-state index in [0.29, 0.717) is 17.1 Å². The van der Waals surface area contributed by atoms with Gasteiger partial charge in [-0.3, -0.25) is 9.79 Å². The molecule has 0 aromatic heterocycles. The molecule has 44 heavy (non-hydrogen) atoms. The molecule has 2 aliphatic rings. The van der Waals surface area contributed by atoms with Crippen molar-refractivity contribution in [3.05, 3.63) is 112 Å². The number of fused-ring (bicyclic) bond motifs is 6. The molecule has 0 radical (unpaired) electrons. The lowest BCUT2D eigenvalue weighted by Crippen LogP contribution is -2.44. The number of nitrogens with zero attached hydrogens (tertiary/aromatic N) is 5. The Bertz CT molecular complexity index is 1680. The molecule has 2 aliphatic heterocycles. The van der Waals surface area contributed by atoms with Gasteiger partial charge in [0.2, 0.25) is 0 Å². The third-order valence-corrected chi connectivity index (χ3v) is 9.07. The SMILES string of the molecule is CCN(CC)c1ccc2c(c1)Oc1cc(N(CC)CC)ccc1C21c2ccccc2C(=O)N1/N=C/C=N/c1ccc(Br)cc1. The minimum atomic E-state index is -1.03. The lowest BCUT2D eigenvalue weighted by atomic mass is 9.75. The molecule has 0 bridgehead atoms. The van der Waals surface area contributed by atoms with Crippen LogP contribution in [-0.4, -0.2) is 49.5 Å². The van der Waals surface area contributed by atoms with E-state index in [1.807, 2.05) is 48.5 Å². The van der Waals surface area contributed by atoms with E-state index in [1.165, 1.54) is 0 Å². The van der Waals surface area contributed by atoms with Crippen molar-refractivity contribution in [1.29, 1.82) is 0 Å². The van der Waals surface area contributed by atoms with E-state index in [0.717, 1.165) is 64.4 Å². The monoisotopic (exact) mass is 649 g/mol. The standard InChI is InChI=1S/C36H36BrN5O2/c1-5-40(6-2)27-17-19-31-33(23-27)44-34-24-28(41(7-3)8-4)18-20-32(34)36(31)30-12-10-9-11-29(30)35(43)42(36)39-22-21-38-26-15-13-25(37)14-16-26/h9-24H,5-8H2,1-4H3/b38-21+,39-22+. The highest BCUT2D eigenvalue weighted by Gasteiger charge is 2.57. The zero-order valence-electron chi connectivity index (χ0n) is 25.5. The van der Waals surface area contributed by atoms with Gasteiger partial charge in [-0.25, -0.2) is 5.01 Å². The van der Waals surface area contributed by atoms with Gasteiger partial charge in [0.1, 0.15) is 17.0 Å². The van der Waals surface area contributed by atoms with Crippen molar-refractivity contribution >= 4 is 51.3 Å². The third kappa shape index (κ3) is 4.87. The number of hydrogen-bond donors (Lipinski definition) is 0. The van der Waals surface area contributed by atoms with Crippen LogP contribution in [0.15, 0.2) is 99.5 Å². The van der Waals surface area contributed by atoms with Crippen molar-refractivity contribution in [2.75, 3.05) is 36.0 Å². The maximum atomic E-state index is 14.2. The molecular formula is C36H36BrN5O2. The van der Waals surface area contributed by atoms with Gasteiger partial charge in [0.05, 0.1) is 11.9 Å². The molecule has 2 heterocycles. The molecule has 0 saturated carbocycles. The normalized spacial score (nSPS) is 14.6. The van der Waals surface area contributed by atoms with Gasteiger partial charge >= 0.3 is 0 Å². The number of benzene rings is 4. The number of hydrogen-bond acceptors (Lipinski definition) is 6. The van der Waals surface area contributed by atoms with E-state index in [9.17, 15) is 4.79 Å². The first-order chi connectivity index (χ1) is 21.5. The fourth-order valence-electron chi connectivity index (χ4n) is 6.39. The first kappa shape index (κ1) is 29.6. The number of carbonyl (C=O) groups is 1. The Labute approximate surface area is 267 Å². The number of rotatable bonds is 9. The molecule has 1 amide bonds. The second-order valence-corrected chi connectivity index (χ2v) is 11.6. The van der Waals surface area contributed by atoms with Crippen LogP contribution in [0.4, 0.5) is 17.1 Å². The number of carbonyl (C=O) groups excluding carboxylic acids is 1. The van der Waals surface area contributed by atoms with Gasteiger partial charge in [0.15, 0.2) is 0 Å². The molecule has 0 atom stereocenters. The molecule has 6 rings (SSSR count). The first-order valence-electron chi connectivity index (χ1n) is 15.2. The highest BCUT2D eigenvalue weighted by molar-refractivity contribution is 9.10. The van der Waals surface area contributed by atoms with Crippen LogP contribution >= 0.6 is 15.9 Å². The van der Waals surface area contributed by atoms with Crippen molar-refractivity contribution in [3.63, 3.8) is 0 Å². The minimum Gasteiger partial charge on any atom is -0.456 e. The van der Waals surface area contributed by atoms with Crippen LogP contribution in [0.3, 0.4) is 0 Å². The van der Waals surface area contributed by atoms with Gasteiger partial charge in [-0.2, -0.15) is 5.10 Å². The molecule has 0 fully saturated rings. The summed E-state index contributed by atoms with van der Waals surface area (Å²) >= 11 is 3.46. The van der Waals surface area contributed by atoms with Gasteiger partial charge in [0.25, 0.3) is 5.91 Å². The summed E-state index contributed by atoms with van der Waals surface area (Å²) in [7, 11) is 0. The van der Waals surface area contributed by atoms with Crippen LogP contribution in [0.25, 0.3) is 0 Å². The summed E-state index contributed by atoms with van der Waals surface area (Å²) in [6, 6.07) is 28.1. The fourth-order valence-corrected chi connectivity index (χ4v) is 6.65. The lowest BCUT2D eigenvalue weighted by molar-refractivity contribution is 0.0675. The van der Waals surface area contributed by atoms with E-state index in [1.54, 1.807) is 17.4 Å². The Morgan fingerprint density at radius 1 is 0.750 bits per heavy atom. The second-order valence-electron chi connectivity index (χ2n) is 10.7. The Morgan fingerprint density at radius 3 is 1.89 bits per heavy atom. The maximum Gasteiger partial charge on any atom is 0.275 e. The summed E-state index contributed by atoms with van der Waals surface area (Å²) in [5.41, 5.74) is 5.15. The van der Waals surface area contributed by atoms with Crippen LogP contribution in [0, 0.1) is 0 Å². The van der Waals surface area contributed by atoms with Crippen molar-refractivity contribution < 1.29 is 9.53 Å². The molecule has 0 saturated heterocycles. The zero-order valence-corrected chi connectivity index (χ0v) is 27.1. The highest BCUT2D eigenvalue weighted by atomic mass is 79.9. The van der Waals surface area contributed by atoms with Crippen molar-refractivity contribution in [2.24, 2.45) is 10.1 Å². The molecule has 7 nitrogen and oxygen atoms in total. The summed E-state index contributed by atoms with van der Waals surface area (Å²) in [5, 5.41) is 6.44. The van der Waals surface area contributed by atoms with E-state index in [2.05, 4.69) is 94.8 Å². The Kier molecular flexibility index (Phi) is 8.27. The molecule has 0 aliphatic carbocycles. The molecular weight excluding hydrogens is 614 g/mol. The van der Waals surface area contributed by atoms with E-state index < -0.39 is 5.54 Å². The summed E-state index contributed by atoms with van der Waals surface area (Å²) in [5.74, 6) is 1.26. The smallest absolute Gasteiger partial charge is 0.275 e. The van der Waals surface area contributed by atoms with Gasteiger partial charge in [-0.05, 0) is 70.2 Å². The average molecular weight is 651 g/mol. The average Bonchev–Trinajstić information content (AvgIpc) is 3.29. The zero-order chi connectivity index (χ0) is 30.8. The summed E-state index contributed by atoms with van der Waals surface area (Å²) in [6.45, 7) is 12.1. The van der Waals surface area contributed by atoms with E-state index in [-0.39, 0.29) is 5.91 Å². The second kappa shape index (κ2) is 12.3. The topological polar surface area (TPSA) is 60.7 Å². The van der Waals surface area contributed by atoms with Gasteiger partial charge < -0.3 is 14.5 Å². The van der Waals surface area contributed by atoms with E-state index >= 15 is 0 Å². The highest BCUT2D eigenvalue weighted by Crippen LogP contribution is 2.58. The molecule has 4 aromatic carbocycles. The quantitative estimate of drug-likeness (QED) is 0.171. The third-order valence-electron chi connectivity index (χ3n) is 8.54. The Balaban J connectivity index is 1.57. The summed E-state index contributed by atoms with van der Waals surface area (Å²) < 4.78 is 7.73. The Morgan fingerprint density at radius 2 is 1.32 bits per heavy atom. The number of anilines is 2. The number of halogens is 1. The number of amides is 1. The Hall–Kier alpha value is -4.43.